The van der Waals surface area contributed by atoms with Gasteiger partial charge in [-0.05, 0) is 31.5 Å². The van der Waals surface area contributed by atoms with Crippen molar-refractivity contribution in [2.45, 2.75) is 41.7 Å². The van der Waals surface area contributed by atoms with Gasteiger partial charge in [0.2, 0.25) is 0 Å². The van der Waals surface area contributed by atoms with Crippen molar-refractivity contribution in [1.29, 1.82) is 0 Å². The van der Waals surface area contributed by atoms with Crippen molar-refractivity contribution in [2.75, 3.05) is 13.1 Å². The van der Waals surface area contributed by atoms with Gasteiger partial charge in [-0.2, -0.15) is 0 Å². The Bertz CT molecular complexity index is 672. The van der Waals surface area contributed by atoms with E-state index in [2.05, 4.69) is 34.6 Å². The molecule has 1 heterocycles. The van der Waals surface area contributed by atoms with Crippen LogP contribution in [-0.2, 0) is 6.42 Å². The predicted octanol–water partition coefficient (Wildman–Crippen LogP) is 3.90. The molecule has 7 heteroatoms. The first-order chi connectivity index (χ1) is 11.7. The Morgan fingerprint density at radius 2 is 2.00 bits per heavy atom. The number of hydrogen-bond donors (Lipinski definition) is 2. The molecule has 0 bridgehead atoms. The van der Waals surface area contributed by atoms with E-state index in [9.17, 15) is 4.79 Å². The minimum Gasteiger partial charge on any atom is -0.349 e. The van der Waals surface area contributed by atoms with Gasteiger partial charge in [0.25, 0.3) is 5.91 Å². The number of aromatic nitrogens is 1. The molecule has 0 saturated heterocycles. The van der Waals surface area contributed by atoms with Crippen molar-refractivity contribution in [3.05, 3.63) is 46.4 Å². The second-order valence-electron chi connectivity index (χ2n) is 6.15. The number of nitrogens with zero attached hydrogens (tertiary/aromatic N) is 1. The molecule has 0 spiro atoms. The second kappa shape index (κ2) is 9.57. The van der Waals surface area contributed by atoms with Crippen molar-refractivity contribution in [1.82, 2.24) is 10.3 Å². The number of hydrogen-bond acceptors (Lipinski definition) is 5. The van der Waals surface area contributed by atoms with Gasteiger partial charge in [-0.15, -0.1) is 35.5 Å². The van der Waals surface area contributed by atoms with E-state index < -0.39 is 0 Å². The van der Waals surface area contributed by atoms with E-state index in [1.54, 1.807) is 0 Å². The Balaban J connectivity index is 0.00000225. The minimum absolute atomic E-state index is 0. The number of nitrogens with one attached hydrogen (secondary N) is 1. The molecule has 1 aliphatic carbocycles. The number of carbonyl (C=O) groups excluding carboxylic acids is 1. The number of nitrogens with two attached hydrogens (primary N) is 1. The summed E-state index contributed by atoms with van der Waals surface area (Å²) in [5.74, 6) is -0.0746. The maximum absolute atomic E-state index is 12.4. The Labute approximate surface area is 163 Å². The van der Waals surface area contributed by atoms with E-state index >= 15 is 0 Å². The monoisotopic (exact) mass is 397 g/mol. The van der Waals surface area contributed by atoms with Crippen molar-refractivity contribution in [3.63, 3.8) is 0 Å². The number of amides is 1. The van der Waals surface area contributed by atoms with Crippen LogP contribution >= 0.6 is 35.5 Å². The van der Waals surface area contributed by atoms with Gasteiger partial charge in [-0.3, -0.25) is 4.79 Å². The molecule has 0 unspecified atom stereocenters. The van der Waals surface area contributed by atoms with Gasteiger partial charge in [-0.25, -0.2) is 4.98 Å². The lowest BCUT2D eigenvalue weighted by Crippen LogP contribution is -2.38. The van der Waals surface area contributed by atoms with E-state index in [0.717, 1.165) is 24.3 Å². The first-order valence-corrected chi connectivity index (χ1v) is 10.1. The summed E-state index contributed by atoms with van der Waals surface area (Å²) in [6.45, 7) is 1.25. The summed E-state index contributed by atoms with van der Waals surface area (Å²) >= 11 is 3.41. The van der Waals surface area contributed by atoms with Gasteiger partial charge in [0.05, 0.1) is 5.01 Å². The van der Waals surface area contributed by atoms with Crippen LogP contribution in [0, 0.1) is 0 Å². The van der Waals surface area contributed by atoms with Gasteiger partial charge in [0.1, 0.15) is 5.69 Å². The topological polar surface area (TPSA) is 68.0 Å². The number of benzene rings is 1. The Hall–Kier alpha value is -1.08. The van der Waals surface area contributed by atoms with Crippen molar-refractivity contribution in [2.24, 2.45) is 5.73 Å². The molecular weight excluding hydrogens is 374 g/mol. The number of rotatable bonds is 7. The highest BCUT2D eigenvalue weighted by atomic mass is 35.5. The summed E-state index contributed by atoms with van der Waals surface area (Å²) < 4.78 is 0.104. The first-order valence-electron chi connectivity index (χ1n) is 8.37. The van der Waals surface area contributed by atoms with Crippen LogP contribution in [-0.4, -0.2) is 28.7 Å². The fourth-order valence-corrected chi connectivity index (χ4v) is 5.28. The summed E-state index contributed by atoms with van der Waals surface area (Å²) in [6.07, 6.45) is 5.47. The fraction of sp³-hybridized carbons (Fsp3) is 0.444. The zero-order valence-corrected chi connectivity index (χ0v) is 16.5. The van der Waals surface area contributed by atoms with Gasteiger partial charge >= 0.3 is 0 Å². The predicted molar refractivity (Wildman–Crippen MR) is 108 cm³/mol. The largest absolute Gasteiger partial charge is 0.349 e. The molecule has 1 aliphatic rings. The standard InChI is InChI=1S/C18H23N3OS2.ClH/c19-11-8-16-21-15(12-23-16)17(22)20-13-18(9-4-5-10-18)24-14-6-2-1-3-7-14;/h1-3,6-7,12H,4-5,8-11,13,19H2,(H,20,22);1H. The van der Waals surface area contributed by atoms with Crippen LogP contribution < -0.4 is 11.1 Å². The molecular formula is C18H24ClN3OS2. The molecule has 1 amide bonds. The molecule has 3 rings (SSSR count). The third kappa shape index (κ3) is 5.45. The zero-order valence-electron chi connectivity index (χ0n) is 14.1. The van der Waals surface area contributed by atoms with Crippen molar-refractivity contribution in [3.8, 4) is 0 Å². The fourth-order valence-electron chi connectivity index (χ4n) is 3.06. The van der Waals surface area contributed by atoms with E-state index in [1.165, 1.54) is 29.1 Å². The summed E-state index contributed by atoms with van der Waals surface area (Å²) in [5, 5.41) is 5.86. The lowest BCUT2D eigenvalue weighted by atomic mass is 10.1. The SMILES string of the molecule is Cl.NCCc1nc(C(=O)NCC2(Sc3ccccc3)CCCC2)cs1. The molecule has 0 aliphatic heterocycles. The van der Waals surface area contributed by atoms with Gasteiger partial charge in [0, 0.05) is 28.0 Å². The Morgan fingerprint density at radius 1 is 1.28 bits per heavy atom. The first kappa shape index (κ1) is 20.2. The third-order valence-corrected chi connectivity index (χ3v) is 6.71. The van der Waals surface area contributed by atoms with Crippen LogP contribution in [0.25, 0.3) is 0 Å². The van der Waals surface area contributed by atoms with Crippen molar-refractivity contribution < 1.29 is 4.79 Å². The second-order valence-corrected chi connectivity index (χ2v) is 8.64. The normalized spacial score (nSPS) is 15.6. The molecule has 0 radical (unpaired) electrons. The van der Waals surface area contributed by atoms with Gasteiger partial charge in [0.15, 0.2) is 0 Å². The van der Waals surface area contributed by atoms with E-state index in [4.69, 9.17) is 5.73 Å². The highest BCUT2D eigenvalue weighted by Crippen LogP contribution is 2.44. The zero-order chi connectivity index (χ0) is 16.8. The number of thiazole rings is 1. The summed E-state index contributed by atoms with van der Waals surface area (Å²) in [7, 11) is 0. The smallest absolute Gasteiger partial charge is 0.270 e. The van der Waals surface area contributed by atoms with Crippen LogP contribution in [0.3, 0.4) is 0 Å². The molecule has 1 aromatic heterocycles. The highest BCUT2D eigenvalue weighted by Gasteiger charge is 2.35. The molecule has 1 aromatic carbocycles. The lowest BCUT2D eigenvalue weighted by molar-refractivity contribution is 0.0945. The molecule has 0 atom stereocenters. The van der Waals surface area contributed by atoms with Crippen LogP contribution in [0.4, 0.5) is 0 Å². The maximum atomic E-state index is 12.4. The van der Waals surface area contributed by atoms with Crippen LogP contribution in [0.2, 0.25) is 0 Å². The quantitative estimate of drug-likeness (QED) is 0.743. The van der Waals surface area contributed by atoms with E-state index in [0.29, 0.717) is 18.8 Å². The summed E-state index contributed by atoms with van der Waals surface area (Å²) in [6, 6.07) is 10.5. The van der Waals surface area contributed by atoms with Crippen LogP contribution in [0.5, 0.6) is 0 Å². The van der Waals surface area contributed by atoms with Crippen LogP contribution in [0.15, 0.2) is 40.6 Å². The van der Waals surface area contributed by atoms with E-state index in [-0.39, 0.29) is 23.1 Å². The lowest BCUT2D eigenvalue weighted by Gasteiger charge is -2.28. The third-order valence-electron chi connectivity index (χ3n) is 4.31. The van der Waals surface area contributed by atoms with E-state index in [1.807, 2.05) is 23.2 Å². The molecule has 25 heavy (non-hydrogen) atoms. The summed E-state index contributed by atoms with van der Waals surface area (Å²) in [4.78, 5) is 18.0. The van der Waals surface area contributed by atoms with Gasteiger partial charge in [-0.1, -0.05) is 31.0 Å². The number of thioether (sulfide) groups is 1. The average Bonchev–Trinajstić information content (AvgIpc) is 3.24. The molecule has 2 aromatic rings. The highest BCUT2D eigenvalue weighted by molar-refractivity contribution is 8.00. The molecule has 4 nitrogen and oxygen atoms in total. The number of halogens is 1. The maximum Gasteiger partial charge on any atom is 0.270 e. The van der Waals surface area contributed by atoms with Gasteiger partial charge < -0.3 is 11.1 Å². The van der Waals surface area contributed by atoms with Crippen LogP contribution in [0.1, 0.15) is 41.2 Å². The average molecular weight is 398 g/mol. The Morgan fingerprint density at radius 3 is 2.68 bits per heavy atom. The van der Waals surface area contributed by atoms with Crippen molar-refractivity contribution >= 4 is 41.4 Å². The number of carbonyl (C=O) groups is 1. The molecule has 1 saturated carbocycles. The Kier molecular flexibility index (Phi) is 7.75. The molecule has 3 N–H and O–H groups in total. The molecule has 1 fully saturated rings. The summed E-state index contributed by atoms with van der Waals surface area (Å²) in [5.41, 5.74) is 6.06. The molecule has 136 valence electrons. The minimum atomic E-state index is -0.0746.